The van der Waals surface area contributed by atoms with Crippen LogP contribution in [0.1, 0.15) is 18.9 Å². The molecule has 2 aliphatic rings. The van der Waals surface area contributed by atoms with Crippen LogP contribution in [0.15, 0.2) is 24.3 Å². The molecule has 0 radical (unpaired) electrons. The van der Waals surface area contributed by atoms with Crippen molar-refractivity contribution in [3.8, 4) is 0 Å². The van der Waals surface area contributed by atoms with Crippen LogP contribution in [-0.4, -0.2) is 68.1 Å². The molecule has 2 fully saturated rings. The number of piperazine rings is 1. The van der Waals surface area contributed by atoms with Crippen LogP contribution in [0.4, 0.5) is 18.9 Å². The molecule has 29 heavy (non-hydrogen) atoms. The van der Waals surface area contributed by atoms with Gasteiger partial charge in [0.05, 0.1) is 12.1 Å². The second kappa shape index (κ2) is 10.2. The summed E-state index contributed by atoms with van der Waals surface area (Å²) in [5, 5.41) is 0. The van der Waals surface area contributed by atoms with Gasteiger partial charge in [0.1, 0.15) is 0 Å². The molecule has 2 N–H and O–H groups in total. The zero-order valence-corrected chi connectivity index (χ0v) is 18.1. The standard InChI is InChI=1S/C19H27F3N4O.2ClH/c1-18(13-23)5-6-24(14-18)12-17(27)26-9-7-25(8-10-26)16-4-2-3-15(11-16)19(20,21)22;;/h2-4,11H,5-10,12-14,23H2,1H3;2*1H. The number of benzene rings is 1. The van der Waals surface area contributed by atoms with Crippen LogP contribution in [0.5, 0.6) is 0 Å². The molecule has 1 amide bonds. The number of likely N-dealkylation sites (tertiary alicyclic amines) is 1. The van der Waals surface area contributed by atoms with Crippen LogP contribution in [0.2, 0.25) is 0 Å². The zero-order valence-electron chi connectivity index (χ0n) is 16.5. The fourth-order valence-corrected chi connectivity index (χ4v) is 3.81. The molecular formula is C19H29Cl2F3N4O. The number of nitrogens with zero attached hydrogens (tertiary/aromatic N) is 3. The van der Waals surface area contributed by atoms with Gasteiger partial charge in [-0.3, -0.25) is 9.69 Å². The van der Waals surface area contributed by atoms with Gasteiger partial charge in [0.15, 0.2) is 0 Å². The third-order valence-electron chi connectivity index (χ3n) is 5.66. The van der Waals surface area contributed by atoms with Gasteiger partial charge in [0.25, 0.3) is 0 Å². The van der Waals surface area contributed by atoms with Crippen LogP contribution < -0.4 is 10.6 Å². The lowest BCUT2D eigenvalue weighted by atomic mass is 9.90. The SMILES string of the molecule is CC1(CN)CCN(CC(=O)N2CCN(c3cccc(C(F)(F)F)c3)CC2)C1.Cl.Cl. The molecule has 2 heterocycles. The van der Waals surface area contributed by atoms with Crippen LogP contribution >= 0.6 is 24.8 Å². The number of rotatable bonds is 4. The predicted octanol–water partition coefficient (Wildman–Crippen LogP) is 2.87. The van der Waals surface area contributed by atoms with Crippen molar-refractivity contribution in [2.45, 2.75) is 19.5 Å². The molecule has 2 aliphatic heterocycles. The van der Waals surface area contributed by atoms with Gasteiger partial charge < -0.3 is 15.5 Å². The van der Waals surface area contributed by atoms with E-state index in [0.29, 0.717) is 45.0 Å². The maximum Gasteiger partial charge on any atom is 0.416 e. The van der Waals surface area contributed by atoms with E-state index in [2.05, 4.69) is 11.8 Å². The van der Waals surface area contributed by atoms with Crippen molar-refractivity contribution in [3.05, 3.63) is 29.8 Å². The Labute approximate surface area is 182 Å². The Morgan fingerprint density at radius 3 is 2.34 bits per heavy atom. The van der Waals surface area contributed by atoms with Crippen molar-refractivity contribution in [1.29, 1.82) is 0 Å². The van der Waals surface area contributed by atoms with Gasteiger partial charge in [-0.2, -0.15) is 13.2 Å². The number of carbonyl (C=O) groups excluding carboxylic acids is 1. The first-order chi connectivity index (χ1) is 12.7. The zero-order chi connectivity index (χ0) is 19.7. The summed E-state index contributed by atoms with van der Waals surface area (Å²) in [4.78, 5) is 18.4. The Balaban J connectivity index is 0.00000210. The van der Waals surface area contributed by atoms with Crippen molar-refractivity contribution in [3.63, 3.8) is 0 Å². The Bertz CT molecular complexity index is 684. The summed E-state index contributed by atoms with van der Waals surface area (Å²) >= 11 is 0. The number of carbonyl (C=O) groups is 1. The summed E-state index contributed by atoms with van der Waals surface area (Å²) in [5.41, 5.74) is 5.81. The van der Waals surface area contributed by atoms with E-state index in [1.807, 2.05) is 9.80 Å². The number of anilines is 1. The van der Waals surface area contributed by atoms with E-state index >= 15 is 0 Å². The second-order valence-corrected chi connectivity index (χ2v) is 7.89. The minimum Gasteiger partial charge on any atom is -0.368 e. The molecule has 10 heteroatoms. The number of hydrogen-bond acceptors (Lipinski definition) is 4. The maximum atomic E-state index is 12.9. The lowest BCUT2D eigenvalue weighted by Crippen LogP contribution is -2.51. The highest BCUT2D eigenvalue weighted by atomic mass is 35.5. The lowest BCUT2D eigenvalue weighted by molar-refractivity contribution is -0.137. The number of nitrogens with two attached hydrogens (primary N) is 1. The first-order valence-corrected chi connectivity index (χ1v) is 9.33. The molecule has 0 bridgehead atoms. The third kappa shape index (κ3) is 6.38. The summed E-state index contributed by atoms with van der Waals surface area (Å²) in [5.74, 6) is 0.0833. The minimum absolute atomic E-state index is 0. The van der Waals surface area contributed by atoms with E-state index < -0.39 is 11.7 Å². The van der Waals surface area contributed by atoms with E-state index in [-0.39, 0.29) is 36.1 Å². The molecule has 3 rings (SSSR count). The van der Waals surface area contributed by atoms with Gasteiger partial charge in [-0.25, -0.2) is 0 Å². The van der Waals surface area contributed by atoms with Gasteiger partial charge in [0, 0.05) is 38.4 Å². The van der Waals surface area contributed by atoms with Crippen LogP contribution in [0, 0.1) is 5.41 Å². The Hall–Kier alpha value is -1.22. The predicted molar refractivity (Wildman–Crippen MR) is 113 cm³/mol. The van der Waals surface area contributed by atoms with Gasteiger partial charge in [-0.1, -0.05) is 13.0 Å². The molecule has 1 aromatic carbocycles. The molecule has 0 saturated carbocycles. The molecule has 0 spiro atoms. The average Bonchev–Trinajstić information content (AvgIpc) is 3.03. The van der Waals surface area contributed by atoms with Crippen molar-refractivity contribution in [1.82, 2.24) is 9.80 Å². The van der Waals surface area contributed by atoms with Crippen molar-refractivity contribution >= 4 is 36.4 Å². The Morgan fingerprint density at radius 2 is 1.79 bits per heavy atom. The van der Waals surface area contributed by atoms with E-state index in [1.54, 1.807) is 6.07 Å². The topological polar surface area (TPSA) is 52.8 Å². The molecule has 166 valence electrons. The van der Waals surface area contributed by atoms with Crippen molar-refractivity contribution < 1.29 is 18.0 Å². The van der Waals surface area contributed by atoms with Gasteiger partial charge >= 0.3 is 6.18 Å². The number of halogens is 5. The highest BCUT2D eigenvalue weighted by Crippen LogP contribution is 2.32. The van der Waals surface area contributed by atoms with Crippen molar-refractivity contribution in [2.75, 3.05) is 57.3 Å². The molecule has 1 unspecified atom stereocenters. The smallest absolute Gasteiger partial charge is 0.368 e. The largest absolute Gasteiger partial charge is 0.416 e. The number of alkyl halides is 3. The number of amides is 1. The molecule has 1 atom stereocenters. The van der Waals surface area contributed by atoms with E-state index in [1.165, 1.54) is 12.1 Å². The number of hydrogen-bond donors (Lipinski definition) is 1. The minimum atomic E-state index is -4.35. The summed E-state index contributed by atoms with van der Waals surface area (Å²) in [6, 6.07) is 5.37. The average molecular weight is 457 g/mol. The maximum absolute atomic E-state index is 12.9. The van der Waals surface area contributed by atoms with Crippen LogP contribution in [0.25, 0.3) is 0 Å². The highest BCUT2D eigenvalue weighted by Gasteiger charge is 2.34. The Kier molecular flexibility index (Phi) is 9.08. The molecular weight excluding hydrogens is 428 g/mol. The molecule has 2 saturated heterocycles. The highest BCUT2D eigenvalue weighted by molar-refractivity contribution is 5.85. The van der Waals surface area contributed by atoms with Gasteiger partial charge in [-0.15, -0.1) is 24.8 Å². The molecule has 0 aliphatic carbocycles. The van der Waals surface area contributed by atoms with Crippen LogP contribution in [-0.2, 0) is 11.0 Å². The Morgan fingerprint density at radius 1 is 1.14 bits per heavy atom. The normalized spacial score (nSPS) is 22.8. The monoisotopic (exact) mass is 456 g/mol. The van der Waals surface area contributed by atoms with Crippen molar-refractivity contribution in [2.24, 2.45) is 11.1 Å². The first kappa shape index (κ1) is 25.8. The molecule has 5 nitrogen and oxygen atoms in total. The fraction of sp³-hybridized carbons (Fsp3) is 0.632. The first-order valence-electron chi connectivity index (χ1n) is 9.33. The third-order valence-corrected chi connectivity index (χ3v) is 5.66. The summed E-state index contributed by atoms with van der Waals surface area (Å²) in [6.07, 6.45) is -3.35. The summed E-state index contributed by atoms with van der Waals surface area (Å²) in [6.45, 7) is 6.98. The summed E-state index contributed by atoms with van der Waals surface area (Å²) < 4.78 is 38.7. The van der Waals surface area contributed by atoms with E-state index in [4.69, 9.17) is 5.73 Å². The van der Waals surface area contributed by atoms with E-state index in [9.17, 15) is 18.0 Å². The van der Waals surface area contributed by atoms with Crippen LogP contribution in [0.3, 0.4) is 0 Å². The fourth-order valence-electron chi connectivity index (χ4n) is 3.81. The molecule has 0 aromatic heterocycles. The van der Waals surface area contributed by atoms with E-state index in [0.717, 1.165) is 25.6 Å². The summed E-state index contributed by atoms with van der Waals surface area (Å²) in [7, 11) is 0. The van der Waals surface area contributed by atoms with Gasteiger partial charge in [-0.05, 0) is 43.1 Å². The quantitative estimate of drug-likeness (QED) is 0.756. The molecule has 1 aromatic rings. The van der Waals surface area contributed by atoms with Gasteiger partial charge in [0.2, 0.25) is 5.91 Å². The second-order valence-electron chi connectivity index (χ2n) is 7.89. The lowest BCUT2D eigenvalue weighted by Gasteiger charge is -2.37.